The predicted molar refractivity (Wildman–Crippen MR) is 99.8 cm³/mol. The number of nitrogens with one attached hydrogen (secondary N) is 1. The number of methoxy groups -OCH3 is 1. The number of carbonyl (C=O) groups excluding carboxylic acids is 1. The molecule has 0 saturated heterocycles. The highest BCUT2D eigenvalue weighted by Gasteiger charge is 2.17. The van der Waals surface area contributed by atoms with Gasteiger partial charge in [0.2, 0.25) is 5.91 Å². The van der Waals surface area contributed by atoms with Crippen molar-refractivity contribution in [2.75, 3.05) is 12.4 Å². The first-order valence-electron chi connectivity index (χ1n) is 7.78. The van der Waals surface area contributed by atoms with Gasteiger partial charge >= 0.3 is 0 Å². The third-order valence-electron chi connectivity index (χ3n) is 3.83. The Hall–Kier alpha value is -2.65. The van der Waals surface area contributed by atoms with Gasteiger partial charge in [-0.05, 0) is 31.2 Å². The largest absolute Gasteiger partial charge is 0.375 e. The number of nitrogens with zero attached hydrogens (tertiary/aromatic N) is 4. The van der Waals surface area contributed by atoms with Gasteiger partial charge in [0.15, 0.2) is 0 Å². The summed E-state index contributed by atoms with van der Waals surface area (Å²) in [6.07, 6.45) is 2.49. The molecule has 9 heteroatoms. The summed E-state index contributed by atoms with van der Waals surface area (Å²) < 4.78 is 7.33. The van der Waals surface area contributed by atoms with Crippen LogP contribution in [0.4, 0.5) is 5.82 Å². The van der Waals surface area contributed by atoms with Gasteiger partial charge in [0.1, 0.15) is 18.7 Å². The number of hydrogen-bond acceptors (Lipinski definition) is 6. The minimum atomic E-state index is -0.411. The number of anilines is 1. The lowest BCUT2D eigenvalue weighted by atomic mass is 10.1. The van der Waals surface area contributed by atoms with E-state index in [1.54, 1.807) is 25.3 Å². The summed E-state index contributed by atoms with van der Waals surface area (Å²) in [5, 5.41) is 8.12. The van der Waals surface area contributed by atoms with Gasteiger partial charge in [0.25, 0.3) is 5.56 Å². The van der Waals surface area contributed by atoms with Gasteiger partial charge in [-0.25, -0.2) is 14.6 Å². The molecule has 3 rings (SSSR count). The number of carbonyl (C=O) groups is 1. The number of halogens is 1. The zero-order chi connectivity index (χ0) is 18.7. The van der Waals surface area contributed by atoms with Crippen molar-refractivity contribution < 1.29 is 9.53 Å². The summed E-state index contributed by atoms with van der Waals surface area (Å²) in [5.74, 6) is -0.0565. The molecule has 0 fully saturated rings. The van der Waals surface area contributed by atoms with Crippen LogP contribution in [0, 0.1) is 0 Å². The quantitative estimate of drug-likeness (QED) is 0.683. The van der Waals surface area contributed by atoms with Gasteiger partial charge in [-0.15, -0.1) is 0 Å². The summed E-state index contributed by atoms with van der Waals surface area (Å²) in [6, 6.07) is 6.86. The molecule has 26 heavy (non-hydrogen) atoms. The number of hydrogen-bond donors (Lipinski definition) is 1. The number of rotatable bonds is 5. The molecule has 0 saturated carbocycles. The Labute approximate surface area is 157 Å². The monoisotopic (exact) mass is 417 g/mol. The molecule has 0 aliphatic heterocycles. The van der Waals surface area contributed by atoms with Crippen LogP contribution in [-0.4, -0.2) is 32.8 Å². The van der Waals surface area contributed by atoms with Crippen LogP contribution in [-0.2, 0) is 16.1 Å². The van der Waals surface area contributed by atoms with Crippen molar-refractivity contribution in [3.05, 3.63) is 57.3 Å². The molecule has 134 valence electrons. The van der Waals surface area contributed by atoms with Gasteiger partial charge in [0.05, 0.1) is 17.2 Å². The van der Waals surface area contributed by atoms with Crippen LogP contribution >= 0.6 is 15.9 Å². The van der Waals surface area contributed by atoms with Gasteiger partial charge in [0, 0.05) is 23.2 Å². The molecule has 2 heterocycles. The first kappa shape index (κ1) is 18.2. The summed E-state index contributed by atoms with van der Waals surface area (Å²) >= 11 is 3.40. The highest BCUT2D eigenvalue weighted by Crippen LogP contribution is 2.25. The minimum Gasteiger partial charge on any atom is -0.375 e. The number of aromatic nitrogens is 4. The normalized spacial score (nSPS) is 12.1. The fraction of sp³-hybridized carbons (Fsp3) is 0.235. The number of ether oxygens (including phenoxy) is 1. The van der Waals surface area contributed by atoms with E-state index in [4.69, 9.17) is 4.74 Å². The Bertz CT molecular complexity index is 1010. The van der Waals surface area contributed by atoms with E-state index in [1.807, 2.05) is 13.0 Å². The molecule has 2 aromatic heterocycles. The van der Waals surface area contributed by atoms with Gasteiger partial charge in [-0.1, -0.05) is 15.9 Å². The Morgan fingerprint density at radius 3 is 2.85 bits per heavy atom. The van der Waals surface area contributed by atoms with Crippen molar-refractivity contribution in [1.82, 2.24) is 19.7 Å². The van der Waals surface area contributed by atoms with Gasteiger partial charge in [-0.2, -0.15) is 5.10 Å². The molecule has 0 bridgehead atoms. The van der Waals surface area contributed by atoms with E-state index < -0.39 is 5.91 Å². The lowest BCUT2D eigenvalue weighted by Gasteiger charge is -2.15. The van der Waals surface area contributed by atoms with E-state index >= 15 is 0 Å². The molecule has 1 atom stereocenters. The number of benzene rings is 1. The average molecular weight is 418 g/mol. The maximum Gasteiger partial charge on any atom is 0.275 e. The SMILES string of the molecule is COC(C)c1nn(CC(=O)Nc2ccncn2)c(=O)c2ccc(Br)cc12. The molecule has 3 aromatic rings. The molecule has 1 aromatic carbocycles. The second kappa shape index (κ2) is 7.71. The lowest BCUT2D eigenvalue weighted by Crippen LogP contribution is -2.31. The highest BCUT2D eigenvalue weighted by molar-refractivity contribution is 9.10. The summed E-state index contributed by atoms with van der Waals surface area (Å²) in [4.78, 5) is 32.7. The first-order valence-corrected chi connectivity index (χ1v) is 8.58. The van der Waals surface area contributed by atoms with Crippen LogP contribution in [0.15, 0.2) is 46.1 Å². The van der Waals surface area contributed by atoms with Crippen molar-refractivity contribution in [3.63, 3.8) is 0 Å². The molecule has 1 N–H and O–H groups in total. The van der Waals surface area contributed by atoms with Crippen molar-refractivity contribution in [3.8, 4) is 0 Å². The molecule has 1 unspecified atom stereocenters. The zero-order valence-electron chi connectivity index (χ0n) is 14.1. The van der Waals surface area contributed by atoms with Crippen molar-refractivity contribution in [2.45, 2.75) is 19.6 Å². The smallest absolute Gasteiger partial charge is 0.275 e. The van der Waals surface area contributed by atoms with Crippen LogP contribution in [0.2, 0.25) is 0 Å². The fourth-order valence-corrected chi connectivity index (χ4v) is 2.85. The lowest BCUT2D eigenvalue weighted by molar-refractivity contribution is -0.117. The topological polar surface area (TPSA) is 99.0 Å². The maximum atomic E-state index is 12.7. The summed E-state index contributed by atoms with van der Waals surface area (Å²) in [6.45, 7) is 1.59. The molecule has 0 radical (unpaired) electrons. The Balaban J connectivity index is 2.00. The Morgan fingerprint density at radius 2 is 2.15 bits per heavy atom. The minimum absolute atomic E-state index is 0.238. The molecule has 8 nitrogen and oxygen atoms in total. The predicted octanol–water partition coefficient (Wildman–Crippen LogP) is 2.30. The van der Waals surface area contributed by atoms with E-state index in [0.717, 1.165) is 9.15 Å². The highest BCUT2D eigenvalue weighted by atomic mass is 79.9. The first-order chi connectivity index (χ1) is 12.5. The standard InChI is InChI=1S/C17H16BrN5O3/c1-10(26-2)16-13-7-11(18)3-4-12(13)17(25)23(22-16)8-15(24)21-14-5-6-19-9-20-14/h3-7,9-10H,8H2,1-2H3,(H,19,20,21,24). The Kier molecular flexibility index (Phi) is 5.38. The molecular formula is C17H16BrN5O3. The second-order valence-electron chi connectivity index (χ2n) is 5.56. The maximum absolute atomic E-state index is 12.7. The fourth-order valence-electron chi connectivity index (χ4n) is 2.49. The van der Waals surface area contributed by atoms with Crippen molar-refractivity contribution in [2.24, 2.45) is 0 Å². The molecule has 0 spiro atoms. The van der Waals surface area contributed by atoms with Crippen LogP contribution in [0.3, 0.4) is 0 Å². The van der Waals surface area contributed by atoms with Gasteiger partial charge in [-0.3, -0.25) is 9.59 Å². The average Bonchev–Trinajstić information content (AvgIpc) is 2.64. The molecule has 0 aliphatic rings. The Morgan fingerprint density at radius 1 is 1.35 bits per heavy atom. The third kappa shape index (κ3) is 3.78. The zero-order valence-corrected chi connectivity index (χ0v) is 15.7. The van der Waals surface area contributed by atoms with Crippen LogP contribution in [0.1, 0.15) is 18.7 Å². The van der Waals surface area contributed by atoms with E-state index in [-0.39, 0.29) is 18.2 Å². The molecule has 1 amide bonds. The second-order valence-corrected chi connectivity index (χ2v) is 6.47. The number of amides is 1. The third-order valence-corrected chi connectivity index (χ3v) is 4.33. The van der Waals surface area contributed by atoms with E-state index in [1.165, 1.54) is 12.5 Å². The summed E-state index contributed by atoms with van der Waals surface area (Å²) in [5.41, 5.74) is 0.232. The van der Waals surface area contributed by atoms with E-state index in [0.29, 0.717) is 22.3 Å². The van der Waals surface area contributed by atoms with Crippen molar-refractivity contribution >= 4 is 38.4 Å². The van der Waals surface area contributed by atoms with E-state index in [9.17, 15) is 9.59 Å². The van der Waals surface area contributed by atoms with Crippen LogP contribution in [0.25, 0.3) is 10.8 Å². The van der Waals surface area contributed by atoms with Crippen LogP contribution < -0.4 is 10.9 Å². The number of fused-ring (bicyclic) bond motifs is 1. The van der Waals surface area contributed by atoms with Crippen LogP contribution in [0.5, 0.6) is 0 Å². The summed E-state index contributed by atoms with van der Waals surface area (Å²) in [7, 11) is 1.56. The van der Waals surface area contributed by atoms with Gasteiger partial charge < -0.3 is 10.1 Å². The van der Waals surface area contributed by atoms with E-state index in [2.05, 4.69) is 36.3 Å². The van der Waals surface area contributed by atoms with Crippen molar-refractivity contribution in [1.29, 1.82) is 0 Å². The molecular weight excluding hydrogens is 402 g/mol. The molecule has 0 aliphatic carbocycles.